The number of aliphatic imine (C=N–C) groups is 1. The van der Waals surface area contributed by atoms with Gasteiger partial charge >= 0.3 is 6.03 Å². The van der Waals surface area contributed by atoms with E-state index in [9.17, 15) is 4.79 Å². The highest BCUT2D eigenvalue weighted by Crippen LogP contribution is 2.30. The summed E-state index contributed by atoms with van der Waals surface area (Å²) in [6.45, 7) is 7.00. The molecule has 110 valence electrons. The maximum atomic E-state index is 12.4. The second kappa shape index (κ2) is 7.89. The van der Waals surface area contributed by atoms with Crippen LogP contribution in [0.4, 0.5) is 10.5 Å². The molecule has 0 saturated carbocycles. The fourth-order valence-corrected chi connectivity index (χ4v) is 2.57. The van der Waals surface area contributed by atoms with Crippen LogP contribution in [0.3, 0.4) is 0 Å². The van der Waals surface area contributed by atoms with E-state index < -0.39 is 0 Å². The van der Waals surface area contributed by atoms with Gasteiger partial charge in [0.15, 0.2) is 5.96 Å². The van der Waals surface area contributed by atoms with Crippen molar-refractivity contribution in [1.82, 2.24) is 5.32 Å². The lowest BCUT2D eigenvalue weighted by atomic mass is 10.2. The smallest absolute Gasteiger partial charge is 0.328 e. The average molecular weight is 341 g/mol. The molecule has 0 aliphatic rings. The zero-order valence-electron chi connectivity index (χ0n) is 12.1. The van der Waals surface area contributed by atoms with Crippen LogP contribution in [0.25, 0.3) is 0 Å². The summed E-state index contributed by atoms with van der Waals surface area (Å²) in [7, 11) is 0. The normalized spacial score (nSPS) is 11.3. The number of nitrogens with one attached hydrogen (secondary N) is 1. The summed E-state index contributed by atoms with van der Waals surface area (Å²) in [6, 6.07) is 5.57. The molecule has 20 heavy (non-hydrogen) atoms. The number of aryl methyl sites for hydroxylation is 1. The van der Waals surface area contributed by atoms with Crippen LogP contribution in [-0.4, -0.2) is 25.1 Å². The van der Waals surface area contributed by atoms with Crippen molar-refractivity contribution < 1.29 is 4.79 Å². The van der Waals surface area contributed by atoms with E-state index in [-0.39, 0.29) is 12.0 Å². The van der Waals surface area contributed by atoms with Crippen LogP contribution < -0.4 is 16.0 Å². The zero-order valence-corrected chi connectivity index (χ0v) is 13.7. The van der Waals surface area contributed by atoms with E-state index in [0.29, 0.717) is 13.1 Å². The minimum atomic E-state index is -0.267. The van der Waals surface area contributed by atoms with Gasteiger partial charge in [0, 0.05) is 17.6 Å². The second-order valence-corrected chi connectivity index (χ2v) is 5.20. The zero-order chi connectivity index (χ0) is 15.1. The molecule has 0 spiro atoms. The topological polar surface area (TPSA) is 70.7 Å². The number of nitrogens with two attached hydrogens (primary N) is 1. The van der Waals surface area contributed by atoms with Crippen molar-refractivity contribution in [2.24, 2.45) is 10.7 Å². The lowest BCUT2D eigenvalue weighted by Gasteiger charge is -2.25. The largest absolute Gasteiger partial charge is 0.370 e. The molecular formula is C14H21BrN4O. The monoisotopic (exact) mass is 340 g/mol. The molecule has 6 heteroatoms. The van der Waals surface area contributed by atoms with Crippen molar-refractivity contribution in [2.45, 2.75) is 27.2 Å². The number of carbonyl (C=O) groups excluding carboxylic acids is 1. The van der Waals surface area contributed by atoms with Gasteiger partial charge < -0.3 is 5.73 Å². The van der Waals surface area contributed by atoms with Crippen molar-refractivity contribution in [2.75, 3.05) is 18.0 Å². The molecule has 0 unspecified atom stereocenters. The molecule has 1 aromatic rings. The van der Waals surface area contributed by atoms with Gasteiger partial charge in [-0.2, -0.15) is 0 Å². The molecule has 0 atom stereocenters. The summed E-state index contributed by atoms with van der Waals surface area (Å²) in [4.78, 5) is 18.0. The number of hydrogen-bond donors (Lipinski definition) is 2. The minimum absolute atomic E-state index is 0.142. The molecule has 2 amide bonds. The Labute approximate surface area is 128 Å². The quantitative estimate of drug-likeness (QED) is 0.653. The number of nitrogens with zero attached hydrogens (tertiary/aromatic N) is 2. The first kappa shape index (κ1) is 16.5. The van der Waals surface area contributed by atoms with E-state index in [1.807, 2.05) is 39.0 Å². The number of hydrogen-bond acceptors (Lipinski definition) is 2. The first-order chi connectivity index (χ1) is 9.51. The maximum Gasteiger partial charge on any atom is 0.328 e. The molecule has 0 heterocycles. The maximum absolute atomic E-state index is 12.4. The third-order valence-electron chi connectivity index (χ3n) is 2.71. The van der Waals surface area contributed by atoms with Crippen LogP contribution in [-0.2, 0) is 0 Å². The standard InChI is InChI=1S/C14H21BrN4O/c1-4-9-19(14(20)18-13(16)17-5-2)12-10(3)7-6-8-11(12)15/h6-8H,4-5,9H2,1-3H3,(H3,16,17,18,20). The van der Waals surface area contributed by atoms with Crippen LogP contribution in [0.5, 0.6) is 0 Å². The van der Waals surface area contributed by atoms with Gasteiger partial charge in [0.1, 0.15) is 0 Å². The van der Waals surface area contributed by atoms with E-state index in [1.165, 1.54) is 0 Å². The Morgan fingerprint density at radius 2 is 2.15 bits per heavy atom. The van der Waals surface area contributed by atoms with E-state index in [0.717, 1.165) is 22.1 Å². The van der Waals surface area contributed by atoms with Crippen molar-refractivity contribution in [3.05, 3.63) is 28.2 Å². The van der Waals surface area contributed by atoms with Crippen molar-refractivity contribution in [1.29, 1.82) is 0 Å². The van der Waals surface area contributed by atoms with E-state index in [4.69, 9.17) is 5.73 Å². The van der Waals surface area contributed by atoms with Crippen molar-refractivity contribution in [3.8, 4) is 0 Å². The summed E-state index contributed by atoms with van der Waals surface area (Å²) in [6.07, 6.45) is 0.846. The molecule has 1 aromatic carbocycles. The number of urea groups is 1. The Bertz CT molecular complexity index is 482. The molecule has 1 rings (SSSR count). The molecule has 3 N–H and O–H groups in total. The Kier molecular flexibility index (Phi) is 6.51. The van der Waals surface area contributed by atoms with Gasteiger partial charge in [-0.1, -0.05) is 19.1 Å². The molecule has 0 saturated heterocycles. The molecule has 0 aliphatic carbocycles. The number of anilines is 1. The van der Waals surface area contributed by atoms with Crippen LogP contribution in [0.15, 0.2) is 27.7 Å². The number of benzene rings is 1. The van der Waals surface area contributed by atoms with E-state index in [2.05, 4.69) is 26.2 Å². The fourth-order valence-electron chi connectivity index (χ4n) is 1.89. The number of amides is 2. The first-order valence-electron chi connectivity index (χ1n) is 6.64. The molecular weight excluding hydrogens is 320 g/mol. The first-order valence-corrected chi connectivity index (χ1v) is 7.44. The Hall–Kier alpha value is -1.56. The summed E-state index contributed by atoms with van der Waals surface area (Å²) in [5.74, 6) is 0.142. The predicted molar refractivity (Wildman–Crippen MR) is 87.2 cm³/mol. The lowest BCUT2D eigenvalue weighted by molar-refractivity contribution is 0.250. The fraction of sp³-hybridized carbons (Fsp3) is 0.429. The van der Waals surface area contributed by atoms with Gasteiger partial charge in [-0.25, -0.2) is 4.79 Å². The summed E-state index contributed by atoms with van der Waals surface area (Å²) in [5.41, 5.74) is 7.53. The molecule has 0 fully saturated rings. The summed E-state index contributed by atoms with van der Waals surface area (Å²) >= 11 is 3.50. The van der Waals surface area contributed by atoms with Gasteiger partial charge in [0.05, 0.1) is 5.69 Å². The molecule has 0 aliphatic heterocycles. The lowest BCUT2D eigenvalue weighted by Crippen LogP contribution is -2.46. The predicted octanol–water partition coefficient (Wildman–Crippen LogP) is 3.02. The summed E-state index contributed by atoms with van der Waals surface area (Å²) in [5, 5.41) is 2.61. The van der Waals surface area contributed by atoms with Gasteiger partial charge in [0.25, 0.3) is 0 Å². The number of rotatable bonds is 4. The van der Waals surface area contributed by atoms with Gasteiger partial charge in [-0.3, -0.25) is 15.2 Å². The van der Waals surface area contributed by atoms with Crippen LogP contribution >= 0.6 is 15.9 Å². The van der Waals surface area contributed by atoms with Crippen molar-refractivity contribution >= 4 is 33.6 Å². The third-order valence-corrected chi connectivity index (χ3v) is 3.35. The molecule has 0 aromatic heterocycles. The SMILES string of the molecule is CCCN(C(=O)NC(N)=NCC)c1c(C)cccc1Br. The van der Waals surface area contributed by atoms with E-state index in [1.54, 1.807) is 4.90 Å². The minimum Gasteiger partial charge on any atom is -0.370 e. The van der Waals surface area contributed by atoms with Gasteiger partial charge in [-0.15, -0.1) is 0 Å². The Balaban J connectivity index is 3.05. The average Bonchev–Trinajstić information content (AvgIpc) is 2.37. The highest BCUT2D eigenvalue weighted by molar-refractivity contribution is 9.10. The number of guanidine groups is 1. The highest BCUT2D eigenvalue weighted by atomic mass is 79.9. The Morgan fingerprint density at radius 1 is 1.45 bits per heavy atom. The second-order valence-electron chi connectivity index (χ2n) is 4.35. The van der Waals surface area contributed by atoms with Crippen LogP contribution in [0.2, 0.25) is 0 Å². The Morgan fingerprint density at radius 3 is 2.70 bits per heavy atom. The highest BCUT2D eigenvalue weighted by Gasteiger charge is 2.19. The van der Waals surface area contributed by atoms with E-state index >= 15 is 0 Å². The molecule has 0 bridgehead atoms. The number of carbonyl (C=O) groups is 1. The number of halogens is 1. The van der Waals surface area contributed by atoms with Gasteiger partial charge in [-0.05, 0) is 47.8 Å². The number of para-hydroxylation sites is 1. The molecule has 5 nitrogen and oxygen atoms in total. The molecule has 0 radical (unpaired) electrons. The van der Waals surface area contributed by atoms with Crippen LogP contribution in [0.1, 0.15) is 25.8 Å². The van der Waals surface area contributed by atoms with Gasteiger partial charge in [0.2, 0.25) is 0 Å². The van der Waals surface area contributed by atoms with Crippen LogP contribution in [0, 0.1) is 6.92 Å². The third kappa shape index (κ3) is 4.23. The van der Waals surface area contributed by atoms with Crippen molar-refractivity contribution in [3.63, 3.8) is 0 Å². The summed E-state index contributed by atoms with van der Waals surface area (Å²) < 4.78 is 0.882.